The first-order chi connectivity index (χ1) is 14.0. The molecular formula is C21H20N4O4. The average Bonchev–Trinajstić information content (AvgIpc) is 2.72. The summed E-state index contributed by atoms with van der Waals surface area (Å²) in [5, 5.41) is 2.22. The molecule has 8 nitrogen and oxygen atoms in total. The smallest absolute Gasteiger partial charge is 0.336 e. The minimum Gasteiger partial charge on any atom is -0.378 e. The molecular weight excluding hydrogens is 372 g/mol. The molecule has 2 aliphatic rings. The zero-order valence-electron chi connectivity index (χ0n) is 15.9. The molecule has 2 saturated heterocycles. The lowest BCUT2D eigenvalue weighted by Gasteiger charge is -2.30. The SMILES string of the molecule is Cc1cc(/C=C2\C(=O)NC(=O)N(c3cccnc3)C2=O)ccc1N1CCOCC1. The number of carbonyl (C=O) groups excluding carboxylic acids is 3. The number of pyridine rings is 1. The molecule has 0 radical (unpaired) electrons. The van der Waals surface area contributed by atoms with Crippen LogP contribution < -0.4 is 15.1 Å². The summed E-state index contributed by atoms with van der Waals surface area (Å²) in [5.41, 5.74) is 3.03. The number of benzene rings is 1. The van der Waals surface area contributed by atoms with Crippen molar-refractivity contribution in [3.05, 3.63) is 59.4 Å². The van der Waals surface area contributed by atoms with Crippen LogP contribution in [0.5, 0.6) is 0 Å². The van der Waals surface area contributed by atoms with Gasteiger partial charge in [0.25, 0.3) is 11.8 Å². The van der Waals surface area contributed by atoms with Gasteiger partial charge < -0.3 is 9.64 Å². The summed E-state index contributed by atoms with van der Waals surface area (Å²) in [4.78, 5) is 44.5. The van der Waals surface area contributed by atoms with Gasteiger partial charge in [-0.25, -0.2) is 9.69 Å². The lowest BCUT2D eigenvalue weighted by atomic mass is 10.0. The van der Waals surface area contributed by atoms with Crippen LogP contribution in [0.3, 0.4) is 0 Å². The summed E-state index contributed by atoms with van der Waals surface area (Å²) in [6, 6.07) is 8.16. The number of nitrogens with one attached hydrogen (secondary N) is 1. The molecule has 0 unspecified atom stereocenters. The first-order valence-corrected chi connectivity index (χ1v) is 9.29. The number of hydrogen-bond acceptors (Lipinski definition) is 6. The van der Waals surface area contributed by atoms with E-state index in [9.17, 15) is 14.4 Å². The quantitative estimate of drug-likeness (QED) is 0.634. The van der Waals surface area contributed by atoms with Crippen molar-refractivity contribution >= 4 is 35.3 Å². The Morgan fingerprint density at radius 2 is 1.93 bits per heavy atom. The molecule has 2 fully saturated rings. The van der Waals surface area contributed by atoms with Crippen LogP contribution in [0, 0.1) is 6.92 Å². The Labute approximate surface area is 167 Å². The van der Waals surface area contributed by atoms with E-state index in [0.717, 1.165) is 29.2 Å². The van der Waals surface area contributed by atoms with Gasteiger partial charge in [-0.15, -0.1) is 0 Å². The fourth-order valence-electron chi connectivity index (χ4n) is 3.47. The zero-order valence-corrected chi connectivity index (χ0v) is 15.9. The van der Waals surface area contributed by atoms with Crippen LogP contribution in [0.25, 0.3) is 6.08 Å². The van der Waals surface area contributed by atoms with Crippen LogP contribution in [0.1, 0.15) is 11.1 Å². The minimum absolute atomic E-state index is 0.105. The Kier molecular flexibility index (Phi) is 5.09. The molecule has 148 valence electrons. The van der Waals surface area contributed by atoms with E-state index in [1.165, 1.54) is 18.5 Å². The minimum atomic E-state index is -0.788. The van der Waals surface area contributed by atoms with E-state index in [2.05, 4.69) is 15.2 Å². The van der Waals surface area contributed by atoms with Gasteiger partial charge in [0.2, 0.25) is 0 Å². The molecule has 0 atom stereocenters. The molecule has 4 rings (SSSR count). The number of nitrogens with zero attached hydrogens (tertiary/aromatic N) is 3. The molecule has 29 heavy (non-hydrogen) atoms. The van der Waals surface area contributed by atoms with Gasteiger partial charge in [-0.1, -0.05) is 6.07 Å². The zero-order chi connectivity index (χ0) is 20.4. The van der Waals surface area contributed by atoms with Gasteiger partial charge in [-0.3, -0.25) is 19.9 Å². The van der Waals surface area contributed by atoms with Gasteiger partial charge in [0.1, 0.15) is 5.57 Å². The molecule has 1 aromatic carbocycles. The Bertz CT molecular complexity index is 997. The number of barbiturate groups is 1. The number of rotatable bonds is 3. The normalized spacial score (nSPS) is 18.9. The predicted molar refractivity (Wildman–Crippen MR) is 107 cm³/mol. The van der Waals surface area contributed by atoms with Gasteiger partial charge >= 0.3 is 6.03 Å². The molecule has 0 spiro atoms. The molecule has 1 aromatic heterocycles. The van der Waals surface area contributed by atoms with Crippen molar-refractivity contribution in [2.24, 2.45) is 0 Å². The molecule has 0 aliphatic carbocycles. The van der Waals surface area contributed by atoms with Gasteiger partial charge in [-0.05, 0) is 48.4 Å². The van der Waals surface area contributed by atoms with E-state index >= 15 is 0 Å². The summed E-state index contributed by atoms with van der Waals surface area (Å²) in [6.45, 7) is 5.02. The van der Waals surface area contributed by atoms with Crippen molar-refractivity contribution in [3.63, 3.8) is 0 Å². The highest BCUT2D eigenvalue weighted by atomic mass is 16.5. The van der Waals surface area contributed by atoms with Crippen LogP contribution in [0.15, 0.2) is 48.3 Å². The first-order valence-electron chi connectivity index (χ1n) is 9.29. The average molecular weight is 392 g/mol. The monoisotopic (exact) mass is 392 g/mol. The molecule has 1 N–H and O–H groups in total. The topological polar surface area (TPSA) is 91.8 Å². The summed E-state index contributed by atoms with van der Waals surface area (Å²) in [5.74, 6) is -1.39. The maximum Gasteiger partial charge on any atom is 0.336 e. The van der Waals surface area contributed by atoms with E-state index in [1.54, 1.807) is 12.1 Å². The first kappa shape index (κ1) is 18.8. The van der Waals surface area contributed by atoms with Crippen molar-refractivity contribution in [2.75, 3.05) is 36.1 Å². The number of morpholine rings is 1. The predicted octanol–water partition coefficient (Wildman–Crippen LogP) is 1.89. The second-order valence-electron chi connectivity index (χ2n) is 6.81. The Morgan fingerprint density at radius 1 is 1.14 bits per heavy atom. The Balaban J connectivity index is 1.64. The van der Waals surface area contributed by atoms with Crippen molar-refractivity contribution in [2.45, 2.75) is 6.92 Å². The number of aryl methyl sites for hydroxylation is 1. The molecule has 3 heterocycles. The lowest BCUT2D eigenvalue weighted by molar-refractivity contribution is -0.122. The number of amides is 4. The van der Waals surface area contributed by atoms with Gasteiger partial charge in [0.15, 0.2) is 0 Å². The third kappa shape index (κ3) is 3.74. The second-order valence-corrected chi connectivity index (χ2v) is 6.81. The van der Waals surface area contributed by atoms with Gasteiger partial charge in [0, 0.05) is 25.0 Å². The van der Waals surface area contributed by atoms with E-state index in [4.69, 9.17) is 4.74 Å². The van der Waals surface area contributed by atoms with Crippen LogP contribution in [0.2, 0.25) is 0 Å². The van der Waals surface area contributed by atoms with E-state index in [1.807, 2.05) is 25.1 Å². The molecule has 2 aromatic rings. The maximum absolute atomic E-state index is 12.9. The number of hydrogen-bond donors (Lipinski definition) is 1. The van der Waals surface area contributed by atoms with Crippen LogP contribution in [-0.4, -0.2) is 49.1 Å². The molecule has 8 heteroatoms. The fraction of sp³-hybridized carbons (Fsp3) is 0.238. The van der Waals surface area contributed by atoms with Crippen molar-refractivity contribution in [1.82, 2.24) is 10.3 Å². The van der Waals surface area contributed by atoms with Crippen LogP contribution in [0.4, 0.5) is 16.2 Å². The number of urea groups is 1. The summed E-state index contributed by atoms with van der Waals surface area (Å²) in [6.07, 6.45) is 4.44. The highest BCUT2D eigenvalue weighted by Gasteiger charge is 2.36. The lowest BCUT2D eigenvalue weighted by Crippen LogP contribution is -2.54. The highest BCUT2D eigenvalue weighted by molar-refractivity contribution is 6.39. The summed E-state index contributed by atoms with van der Waals surface area (Å²) < 4.78 is 5.39. The molecule has 0 bridgehead atoms. The maximum atomic E-state index is 12.9. The third-order valence-corrected chi connectivity index (χ3v) is 4.89. The third-order valence-electron chi connectivity index (χ3n) is 4.89. The Hall–Kier alpha value is -3.52. The van der Waals surface area contributed by atoms with Crippen LogP contribution >= 0.6 is 0 Å². The van der Waals surface area contributed by atoms with Gasteiger partial charge in [-0.2, -0.15) is 0 Å². The van der Waals surface area contributed by atoms with Crippen molar-refractivity contribution in [1.29, 1.82) is 0 Å². The van der Waals surface area contributed by atoms with Crippen LogP contribution in [-0.2, 0) is 14.3 Å². The molecule has 4 amide bonds. The second kappa shape index (κ2) is 7.84. The number of ether oxygens (including phenoxy) is 1. The van der Waals surface area contributed by atoms with E-state index in [0.29, 0.717) is 24.5 Å². The van der Waals surface area contributed by atoms with Crippen molar-refractivity contribution in [3.8, 4) is 0 Å². The number of aromatic nitrogens is 1. The largest absolute Gasteiger partial charge is 0.378 e. The summed E-state index contributed by atoms with van der Waals surface area (Å²) in [7, 11) is 0. The Morgan fingerprint density at radius 3 is 2.62 bits per heavy atom. The molecule has 0 saturated carbocycles. The number of anilines is 2. The number of imide groups is 2. The standard InChI is InChI=1S/C21H20N4O4/c1-14-11-15(4-5-18(14)24-7-9-29-10-8-24)12-17-19(26)23-21(28)25(20(17)27)16-3-2-6-22-13-16/h2-6,11-13H,7-10H2,1H3,(H,23,26,28)/b17-12+. The van der Waals surface area contributed by atoms with E-state index < -0.39 is 17.8 Å². The fourth-order valence-corrected chi connectivity index (χ4v) is 3.47. The van der Waals surface area contributed by atoms with Crippen molar-refractivity contribution < 1.29 is 19.1 Å². The highest BCUT2D eigenvalue weighted by Crippen LogP contribution is 2.25. The summed E-state index contributed by atoms with van der Waals surface area (Å²) >= 11 is 0. The molecule has 2 aliphatic heterocycles. The number of carbonyl (C=O) groups is 3. The van der Waals surface area contributed by atoms with E-state index in [-0.39, 0.29) is 5.57 Å². The van der Waals surface area contributed by atoms with Gasteiger partial charge in [0.05, 0.1) is 25.1 Å².